The van der Waals surface area contributed by atoms with Gasteiger partial charge in [0.1, 0.15) is 18.5 Å². The third-order valence-corrected chi connectivity index (χ3v) is 6.92. The molecule has 1 aliphatic rings. The lowest BCUT2D eigenvalue weighted by Crippen LogP contribution is -2.40. The molecular formula is C31H32N2O3. The summed E-state index contributed by atoms with van der Waals surface area (Å²) in [6.07, 6.45) is 8.32. The molecule has 5 heteroatoms. The topological polar surface area (TPSA) is 54.7 Å². The van der Waals surface area contributed by atoms with E-state index in [4.69, 9.17) is 4.74 Å². The average molecular weight is 481 g/mol. The number of nitrogens with zero attached hydrogens (tertiary/aromatic N) is 2. The first-order chi connectivity index (χ1) is 17.7. The van der Waals surface area contributed by atoms with Crippen LogP contribution in [-0.2, 0) is 0 Å². The number of carbonyl (C=O) groups is 1. The van der Waals surface area contributed by atoms with Gasteiger partial charge in [0.2, 0.25) is 0 Å². The number of benzene rings is 3. The second-order valence-electron chi connectivity index (χ2n) is 9.45. The van der Waals surface area contributed by atoms with Crippen molar-refractivity contribution in [1.82, 2.24) is 9.47 Å². The van der Waals surface area contributed by atoms with Crippen LogP contribution in [0.15, 0.2) is 97.3 Å². The van der Waals surface area contributed by atoms with Gasteiger partial charge in [0, 0.05) is 30.6 Å². The summed E-state index contributed by atoms with van der Waals surface area (Å²) in [5.74, 6) is 1.09. The van der Waals surface area contributed by atoms with Crippen molar-refractivity contribution < 1.29 is 14.6 Å². The van der Waals surface area contributed by atoms with Crippen molar-refractivity contribution in [2.45, 2.75) is 24.9 Å². The molecule has 5 nitrogen and oxygen atoms in total. The number of rotatable bonds is 8. The number of hydrogen-bond donors (Lipinski definition) is 1. The van der Waals surface area contributed by atoms with Crippen molar-refractivity contribution in [3.63, 3.8) is 0 Å². The molecule has 184 valence electrons. The minimum absolute atomic E-state index is 0.123. The second kappa shape index (κ2) is 11.4. The predicted molar refractivity (Wildman–Crippen MR) is 144 cm³/mol. The van der Waals surface area contributed by atoms with Crippen molar-refractivity contribution in [3.8, 4) is 5.75 Å². The summed E-state index contributed by atoms with van der Waals surface area (Å²) in [6, 6.07) is 26.5. The highest BCUT2D eigenvalue weighted by Crippen LogP contribution is 2.30. The zero-order valence-electron chi connectivity index (χ0n) is 20.4. The Hall–Kier alpha value is -3.67. The number of aliphatic hydroxyl groups is 1. The molecule has 3 aromatic carbocycles. The highest BCUT2D eigenvalue weighted by Gasteiger charge is 2.22. The lowest BCUT2D eigenvalue weighted by molar-refractivity contribution is 0.0594. The van der Waals surface area contributed by atoms with Gasteiger partial charge < -0.3 is 14.7 Å². The van der Waals surface area contributed by atoms with Crippen molar-refractivity contribution >= 4 is 22.8 Å². The summed E-state index contributed by atoms with van der Waals surface area (Å²) in [6.45, 7) is 2.74. The molecule has 0 amide bonds. The molecule has 5 rings (SSSR count). The summed E-state index contributed by atoms with van der Waals surface area (Å²) in [5, 5.41) is 13.2. The number of aliphatic hydroxyl groups excluding tert-OH is 1. The fourth-order valence-corrected chi connectivity index (χ4v) is 4.93. The molecule has 0 aliphatic carbocycles. The van der Waals surface area contributed by atoms with E-state index in [1.54, 1.807) is 18.5 Å². The SMILES string of the molecule is O=C(C=Cc1ccccc1OCC(O)CN1CCC(c2ccc3ccccc3c2)CC1)n1cccc1. The largest absolute Gasteiger partial charge is 0.490 e. The molecule has 1 fully saturated rings. The Bertz CT molecular complexity index is 1320. The number of β-amino-alcohol motifs (C(OH)–C–C–N with tert-alkyl or cyclic N) is 1. The van der Waals surface area contributed by atoms with Gasteiger partial charge in [-0.1, -0.05) is 60.7 Å². The van der Waals surface area contributed by atoms with Crippen LogP contribution in [0.25, 0.3) is 16.8 Å². The lowest BCUT2D eigenvalue weighted by atomic mass is 9.88. The van der Waals surface area contributed by atoms with Crippen LogP contribution in [0, 0.1) is 0 Å². The van der Waals surface area contributed by atoms with E-state index in [2.05, 4.69) is 47.4 Å². The molecular weight excluding hydrogens is 448 g/mol. The Labute approximate surface area is 212 Å². The molecule has 1 unspecified atom stereocenters. The summed E-state index contributed by atoms with van der Waals surface area (Å²) in [4.78, 5) is 14.6. The average Bonchev–Trinajstić information content (AvgIpc) is 3.46. The van der Waals surface area contributed by atoms with Crippen LogP contribution >= 0.6 is 0 Å². The Morgan fingerprint density at radius 1 is 0.944 bits per heavy atom. The van der Waals surface area contributed by atoms with Crippen LogP contribution in [0.4, 0.5) is 0 Å². The second-order valence-corrected chi connectivity index (χ2v) is 9.45. The van der Waals surface area contributed by atoms with E-state index in [0.717, 1.165) is 31.5 Å². The Kier molecular flexibility index (Phi) is 7.60. The van der Waals surface area contributed by atoms with E-state index in [1.807, 2.05) is 36.4 Å². The predicted octanol–water partition coefficient (Wildman–Crippen LogP) is 5.61. The van der Waals surface area contributed by atoms with Gasteiger partial charge in [-0.3, -0.25) is 9.36 Å². The minimum Gasteiger partial charge on any atom is -0.490 e. The van der Waals surface area contributed by atoms with Crippen LogP contribution in [0.3, 0.4) is 0 Å². The number of carbonyl (C=O) groups excluding carboxylic acids is 1. The fraction of sp³-hybridized carbons (Fsp3) is 0.258. The smallest absolute Gasteiger partial charge is 0.254 e. The van der Waals surface area contributed by atoms with Gasteiger partial charge in [-0.2, -0.15) is 0 Å². The van der Waals surface area contributed by atoms with E-state index >= 15 is 0 Å². The first kappa shape index (κ1) is 24.0. The van der Waals surface area contributed by atoms with Crippen LogP contribution in [-0.4, -0.2) is 52.8 Å². The monoisotopic (exact) mass is 480 g/mol. The van der Waals surface area contributed by atoms with Gasteiger partial charge in [-0.05, 0) is 72.5 Å². The Balaban J connectivity index is 1.11. The number of para-hydroxylation sites is 1. The molecule has 0 spiro atoms. The zero-order chi connectivity index (χ0) is 24.7. The van der Waals surface area contributed by atoms with Crippen LogP contribution in [0.2, 0.25) is 0 Å². The summed E-state index contributed by atoms with van der Waals surface area (Å²) >= 11 is 0. The molecule has 1 N–H and O–H groups in total. The van der Waals surface area contributed by atoms with Gasteiger partial charge in [0.25, 0.3) is 5.91 Å². The molecule has 4 aromatic rings. The van der Waals surface area contributed by atoms with E-state index in [0.29, 0.717) is 18.2 Å². The summed E-state index contributed by atoms with van der Waals surface area (Å²) < 4.78 is 7.47. The molecule has 1 aromatic heterocycles. The van der Waals surface area contributed by atoms with Crippen LogP contribution < -0.4 is 4.74 Å². The summed E-state index contributed by atoms with van der Waals surface area (Å²) in [7, 11) is 0. The van der Waals surface area contributed by atoms with Gasteiger partial charge in [0.15, 0.2) is 0 Å². The van der Waals surface area contributed by atoms with Crippen molar-refractivity contribution in [3.05, 3.63) is 108 Å². The molecule has 0 radical (unpaired) electrons. The van der Waals surface area contributed by atoms with Gasteiger partial charge in [-0.15, -0.1) is 0 Å². The van der Waals surface area contributed by atoms with E-state index in [-0.39, 0.29) is 12.5 Å². The first-order valence-corrected chi connectivity index (χ1v) is 12.6. The van der Waals surface area contributed by atoms with Crippen LogP contribution in [0.1, 0.15) is 34.7 Å². The number of aromatic nitrogens is 1. The number of fused-ring (bicyclic) bond motifs is 1. The quantitative estimate of drug-likeness (QED) is 0.333. The summed E-state index contributed by atoms with van der Waals surface area (Å²) in [5.41, 5.74) is 2.22. The fourth-order valence-electron chi connectivity index (χ4n) is 4.93. The van der Waals surface area contributed by atoms with Crippen molar-refractivity contribution in [2.24, 2.45) is 0 Å². The normalized spacial score (nSPS) is 15.9. The number of hydrogen-bond acceptors (Lipinski definition) is 4. The third-order valence-electron chi connectivity index (χ3n) is 6.92. The third kappa shape index (κ3) is 5.93. The number of ether oxygens (including phenoxy) is 1. The maximum atomic E-state index is 12.2. The zero-order valence-corrected chi connectivity index (χ0v) is 20.4. The lowest BCUT2D eigenvalue weighted by Gasteiger charge is -2.33. The molecule has 36 heavy (non-hydrogen) atoms. The standard InChI is InChI=1S/C31H32N2O3/c34-29(23-36-30-10-4-3-8-26(30)13-14-31(35)33-17-5-6-18-33)22-32-19-15-25(16-20-32)28-12-11-24-7-1-2-9-27(24)21-28/h1-14,17-18,21,25,29,34H,15-16,19-20,22-23H2. The van der Waals surface area contributed by atoms with Gasteiger partial charge in [-0.25, -0.2) is 0 Å². The van der Waals surface area contributed by atoms with Gasteiger partial charge in [0.05, 0.1) is 0 Å². The Morgan fingerprint density at radius 3 is 2.47 bits per heavy atom. The van der Waals surface area contributed by atoms with Crippen molar-refractivity contribution in [1.29, 1.82) is 0 Å². The highest BCUT2D eigenvalue weighted by atomic mass is 16.5. The molecule has 1 atom stereocenters. The maximum absolute atomic E-state index is 12.2. The van der Waals surface area contributed by atoms with E-state index in [1.165, 1.54) is 27.0 Å². The van der Waals surface area contributed by atoms with E-state index in [9.17, 15) is 9.90 Å². The molecule has 1 aliphatic heterocycles. The number of likely N-dealkylation sites (tertiary alicyclic amines) is 1. The molecule has 2 heterocycles. The highest BCUT2D eigenvalue weighted by molar-refractivity contribution is 5.94. The minimum atomic E-state index is -0.583. The van der Waals surface area contributed by atoms with E-state index < -0.39 is 6.10 Å². The maximum Gasteiger partial charge on any atom is 0.254 e. The van der Waals surface area contributed by atoms with Gasteiger partial charge >= 0.3 is 0 Å². The molecule has 0 bridgehead atoms. The van der Waals surface area contributed by atoms with Crippen molar-refractivity contribution in [2.75, 3.05) is 26.2 Å². The number of piperidine rings is 1. The molecule has 1 saturated heterocycles. The Morgan fingerprint density at radius 2 is 1.67 bits per heavy atom. The number of allylic oxidation sites excluding steroid dienone is 1. The molecule has 0 saturated carbocycles. The van der Waals surface area contributed by atoms with Crippen LogP contribution in [0.5, 0.6) is 5.75 Å². The first-order valence-electron chi connectivity index (χ1n) is 12.6.